The van der Waals surface area contributed by atoms with Crippen LogP contribution < -0.4 is 5.32 Å². The Kier molecular flexibility index (Phi) is 3.90. The number of carbonyl (C=O) groups is 1. The molecule has 1 amide bonds. The molecule has 4 rings (SSSR count). The Morgan fingerprint density at radius 2 is 1.60 bits per heavy atom. The summed E-state index contributed by atoms with van der Waals surface area (Å²) in [5.41, 5.74) is 2.59. The van der Waals surface area contributed by atoms with Gasteiger partial charge in [0, 0.05) is 11.6 Å². The predicted molar refractivity (Wildman–Crippen MR) is 102 cm³/mol. The zero-order valence-electron chi connectivity index (χ0n) is 13.9. The number of rotatable bonds is 3. The summed E-state index contributed by atoms with van der Waals surface area (Å²) in [7, 11) is 0. The third-order valence-electron chi connectivity index (χ3n) is 4.53. The summed E-state index contributed by atoms with van der Waals surface area (Å²) < 4.78 is 0. The molecule has 3 aromatic carbocycles. The van der Waals surface area contributed by atoms with Gasteiger partial charge < -0.3 is 5.32 Å². The van der Waals surface area contributed by atoms with Gasteiger partial charge in [-0.1, -0.05) is 60.7 Å². The molecule has 1 N–H and O–H groups in total. The van der Waals surface area contributed by atoms with Gasteiger partial charge in [0.05, 0.1) is 17.1 Å². The van der Waals surface area contributed by atoms with Crippen LogP contribution in [0.1, 0.15) is 28.9 Å². The lowest BCUT2D eigenvalue weighted by molar-refractivity contribution is 0.0942. The topological polar surface area (TPSA) is 42.0 Å². The lowest BCUT2D eigenvalue weighted by Gasteiger charge is -2.17. The van der Waals surface area contributed by atoms with Gasteiger partial charge >= 0.3 is 0 Å². The molecule has 25 heavy (non-hydrogen) atoms. The highest BCUT2D eigenvalue weighted by molar-refractivity contribution is 6.06. The second-order valence-corrected chi connectivity index (χ2v) is 6.14. The quantitative estimate of drug-likeness (QED) is 0.583. The van der Waals surface area contributed by atoms with Crippen molar-refractivity contribution in [2.24, 2.45) is 0 Å². The van der Waals surface area contributed by atoms with E-state index in [9.17, 15) is 4.79 Å². The predicted octanol–water partition coefficient (Wildman–Crippen LogP) is 4.88. The first-order valence-corrected chi connectivity index (χ1v) is 8.36. The van der Waals surface area contributed by atoms with Gasteiger partial charge in [-0.2, -0.15) is 0 Å². The summed E-state index contributed by atoms with van der Waals surface area (Å²) in [6.07, 6.45) is 1.68. The zero-order chi connectivity index (χ0) is 17.2. The number of nitrogens with zero attached hydrogens (tertiary/aromatic N) is 1. The molecule has 0 saturated heterocycles. The van der Waals surface area contributed by atoms with Crippen molar-refractivity contribution in [3.8, 4) is 0 Å². The van der Waals surface area contributed by atoms with Crippen LogP contribution in [0.25, 0.3) is 21.7 Å². The fraction of sp³-hybridized carbons (Fsp3) is 0.0909. The number of carbonyl (C=O) groups excluding carboxylic acids is 1. The molecule has 3 nitrogen and oxygen atoms in total. The molecule has 0 saturated carbocycles. The summed E-state index contributed by atoms with van der Waals surface area (Å²) in [5.74, 6) is -0.0842. The zero-order valence-corrected chi connectivity index (χ0v) is 13.9. The standard InChI is InChI=1S/C22H18N2O/c1-15(17-11-6-8-16-7-2-3-9-18(16)17)24-22(25)20-13-14-23-21-12-5-4-10-19(20)21/h2-15H,1H3,(H,24,25). The van der Waals surface area contributed by atoms with Crippen LogP contribution in [0, 0.1) is 0 Å². The first-order chi connectivity index (χ1) is 12.2. The van der Waals surface area contributed by atoms with Crippen LogP contribution in [-0.4, -0.2) is 10.9 Å². The van der Waals surface area contributed by atoms with E-state index < -0.39 is 0 Å². The van der Waals surface area contributed by atoms with E-state index in [1.165, 1.54) is 5.39 Å². The van der Waals surface area contributed by atoms with Crippen LogP contribution >= 0.6 is 0 Å². The lowest BCUT2D eigenvalue weighted by atomic mass is 9.99. The maximum atomic E-state index is 12.8. The Hall–Kier alpha value is -3.20. The summed E-state index contributed by atoms with van der Waals surface area (Å²) in [4.78, 5) is 17.2. The van der Waals surface area contributed by atoms with Gasteiger partial charge in [0.2, 0.25) is 0 Å². The van der Waals surface area contributed by atoms with E-state index >= 15 is 0 Å². The van der Waals surface area contributed by atoms with Crippen molar-refractivity contribution in [3.63, 3.8) is 0 Å². The Morgan fingerprint density at radius 1 is 0.880 bits per heavy atom. The molecule has 0 aliphatic carbocycles. The van der Waals surface area contributed by atoms with E-state index in [0.29, 0.717) is 5.56 Å². The second kappa shape index (κ2) is 6.36. The number of benzene rings is 3. The van der Waals surface area contributed by atoms with Crippen LogP contribution in [-0.2, 0) is 0 Å². The Morgan fingerprint density at radius 3 is 2.48 bits per heavy atom. The average molecular weight is 326 g/mol. The van der Waals surface area contributed by atoms with E-state index in [1.807, 2.05) is 49.4 Å². The third kappa shape index (κ3) is 2.85. The van der Waals surface area contributed by atoms with Gasteiger partial charge in [-0.25, -0.2) is 0 Å². The molecule has 0 spiro atoms. The first kappa shape index (κ1) is 15.3. The Bertz CT molecular complexity index is 1060. The van der Waals surface area contributed by atoms with E-state index in [0.717, 1.165) is 21.9 Å². The van der Waals surface area contributed by atoms with Crippen molar-refractivity contribution in [2.45, 2.75) is 13.0 Å². The third-order valence-corrected chi connectivity index (χ3v) is 4.53. The van der Waals surface area contributed by atoms with Crippen LogP contribution in [0.5, 0.6) is 0 Å². The number of hydrogen-bond acceptors (Lipinski definition) is 2. The van der Waals surface area contributed by atoms with E-state index in [4.69, 9.17) is 0 Å². The second-order valence-electron chi connectivity index (χ2n) is 6.14. The van der Waals surface area contributed by atoms with Gasteiger partial charge in [-0.05, 0) is 35.4 Å². The molecule has 122 valence electrons. The number of nitrogens with one attached hydrogen (secondary N) is 1. The number of aromatic nitrogens is 1. The number of hydrogen-bond donors (Lipinski definition) is 1. The highest BCUT2D eigenvalue weighted by Gasteiger charge is 2.15. The van der Waals surface area contributed by atoms with E-state index in [2.05, 4.69) is 34.6 Å². The van der Waals surface area contributed by atoms with Crippen molar-refractivity contribution < 1.29 is 4.79 Å². The fourth-order valence-corrected chi connectivity index (χ4v) is 3.27. The number of fused-ring (bicyclic) bond motifs is 2. The normalized spacial score (nSPS) is 12.2. The molecule has 0 aliphatic heterocycles. The number of amides is 1. The molecule has 1 heterocycles. The Balaban J connectivity index is 1.68. The molecule has 1 aromatic heterocycles. The molecule has 0 fully saturated rings. The molecule has 1 unspecified atom stereocenters. The fourth-order valence-electron chi connectivity index (χ4n) is 3.27. The van der Waals surface area contributed by atoms with Crippen LogP contribution in [0.4, 0.5) is 0 Å². The van der Waals surface area contributed by atoms with Crippen molar-refractivity contribution in [3.05, 3.63) is 90.1 Å². The largest absolute Gasteiger partial charge is 0.345 e. The highest BCUT2D eigenvalue weighted by Crippen LogP contribution is 2.25. The van der Waals surface area contributed by atoms with Crippen molar-refractivity contribution in [1.82, 2.24) is 10.3 Å². The van der Waals surface area contributed by atoms with Crippen LogP contribution in [0.3, 0.4) is 0 Å². The molecular weight excluding hydrogens is 308 g/mol. The van der Waals surface area contributed by atoms with E-state index in [-0.39, 0.29) is 11.9 Å². The lowest BCUT2D eigenvalue weighted by Crippen LogP contribution is -2.27. The maximum Gasteiger partial charge on any atom is 0.252 e. The number of para-hydroxylation sites is 1. The number of pyridine rings is 1. The van der Waals surface area contributed by atoms with Crippen molar-refractivity contribution >= 4 is 27.6 Å². The molecule has 1 atom stereocenters. The molecule has 0 aliphatic rings. The molecule has 4 aromatic rings. The van der Waals surface area contributed by atoms with Crippen LogP contribution in [0.15, 0.2) is 79.0 Å². The van der Waals surface area contributed by atoms with Crippen molar-refractivity contribution in [2.75, 3.05) is 0 Å². The van der Waals surface area contributed by atoms with E-state index in [1.54, 1.807) is 12.3 Å². The van der Waals surface area contributed by atoms with Gasteiger partial charge in [-0.15, -0.1) is 0 Å². The minimum Gasteiger partial charge on any atom is -0.345 e. The average Bonchev–Trinajstić information content (AvgIpc) is 2.67. The first-order valence-electron chi connectivity index (χ1n) is 8.36. The van der Waals surface area contributed by atoms with Crippen molar-refractivity contribution in [1.29, 1.82) is 0 Å². The smallest absolute Gasteiger partial charge is 0.252 e. The summed E-state index contributed by atoms with van der Waals surface area (Å²) in [5, 5.41) is 6.34. The van der Waals surface area contributed by atoms with Gasteiger partial charge in [0.25, 0.3) is 5.91 Å². The summed E-state index contributed by atoms with van der Waals surface area (Å²) >= 11 is 0. The Labute approximate surface area is 146 Å². The maximum absolute atomic E-state index is 12.8. The molecule has 0 bridgehead atoms. The molecule has 3 heteroatoms. The summed E-state index contributed by atoms with van der Waals surface area (Å²) in [6, 6.07) is 23.8. The monoisotopic (exact) mass is 326 g/mol. The van der Waals surface area contributed by atoms with Crippen LogP contribution in [0.2, 0.25) is 0 Å². The highest BCUT2D eigenvalue weighted by atomic mass is 16.1. The minimum absolute atomic E-state index is 0.0842. The van der Waals surface area contributed by atoms with Gasteiger partial charge in [-0.3, -0.25) is 9.78 Å². The summed E-state index contributed by atoms with van der Waals surface area (Å²) in [6.45, 7) is 2.02. The molecule has 0 radical (unpaired) electrons. The van der Waals surface area contributed by atoms with Gasteiger partial charge in [0.15, 0.2) is 0 Å². The minimum atomic E-state index is -0.0921. The molecular formula is C22H18N2O. The SMILES string of the molecule is CC(NC(=O)c1ccnc2ccccc12)c1cccc2ccccc12. The van der Waals surface area contributed by atoms with Gasteiger partial charge in [0.1, 0.15) is 0 Å².